The molecule has 2 fully saturated rings. The van der Waals surface area contributed by atoms with Gasteiger partial charge in [-0.3, -0.25) is 0 Å². The van der Waals surface area contributed by atoms with Crippen molar-refractivity contribution in [3.05, 3.63) is 22.8 Å². The van der Waals surface area contributed by atoms with E-state index < -0.39 is 0 Å². The van der Waals surface area contributed by atoms with Crippen molar-refractivity contribution < 1.29 is 0 Å². The number of fused-ring (bicyclic) bond motifs is 1. The first kappa shape index (κ1) is 12.8. The first-order valence-corrected chi connectivity index (χ1v) is 8.52. The topological polar surface area (TPSA) is 37.8 Å². The van der Waals surface area contributed by atoms with Gasteiger partial charge >= 0.3 is 0 Å². The Bertz CT molecular complexity index is 485. The Kier molecular flexibility index (Phi) is 3.47. The molecular formula is C17H25N3. The van der Waals surface area contributed by atoms with Crippen LogP contribution in [-0.2, 0) is 13.0 Å². The predicted molar refractivity (Wildman–Crippen MR) is 79.9 cm³/mol. The average molecular weight is 271 g/mol. The number of hydrogen-bond donors (Lipinski definition) is 1. The summed E-state index contributed by atoms with van der Waals surface area (Å²) in [6.07, 6.45) is 11.9. The highest BCUT2D eigenvalue weighted by molar-refractivity contribution is 5.33. The molecule has 0 atom stereocenters. The van der Waals surface area contributed by atoms with E-state index in [9.17, 15) is 0 Å². The van der Waals surface area contributed by atoms with E-state index in [2.05, 4.69) is 5.32 Å². The largest absolute Gasteiger partial charge is 0.312 e. The van der Waals surface area contributed by atoms with Crippen LogP contribution in [0.15, 0.2) is 0 Å². The molecule has 1 aromatic heterocycles. The van der Waals surface area contributed by atoms with Gasteiger partial charge in [-0.05, 0) is 25.7 Å². The van der Waals surface area contributed by atoms with E-state index in [1.165, 1.54) is 74.1 Å². The highest BCUT2D eigenvalue weighted by atomic mass is 15.0. The number of nitrogens with one attached hydrogen (secondary N) is 1. The highest BCUT2D eigenvalue weighted by Crippen LogP contribution is 2.42. The van der Waals surface area contributed by atoms with Crippen LogP contribution < -0.4 is 5.32 Å². The van der Waals surface area contributed by atoms with Crippen molar-refractivity contribution >= 4 is 0 Å². The molecule has 0 bridgehead atoms. The molecule has 3 heteroatoms. The van der Waals surface area contributed by atoms with Gasteiger partial charge in [-0.15, -0.1) is 0 Å². The molecule has 0 amide bonds. The molecule has 20 heavy (non-hydrogen) atoms. The fourth-order valence-corrected chi connectivity index (χ4v) is 3.80. The standard InChI is InChI=1S/C17H25N3/c1-2-4-6-13(5-3-1)17-19-15-9-10-18-11-14(15)16(20-17)12-7-8-12/h12-13,18H,1-11H2. The van der Waals surface area contributed by atoms with E-state index in [0.29, 0.717) is 5.92 Å². The molecule has 108 valence electrons. The smallest absolute Gasteiger partial charge is 0.131 e. The lowest BCUT2D eigenvalue weighted by molar-refractivity contribution is 0.540. The maximum absolute atomic E-state index is 5.06. The lowest BCUT2D eigenvalue weighted by Gasteiger charge is -2.22. The van der Waals surface area contributed by atoms with Crippen molar-refractivity contribution in [2.75, 3.05) is 6.54 Å². The van der Waals surface area contributed by atoms with Crippen LogP contribution in [0.3, 0.4) is 0 Å². The first-order chi connectivity index (χ1) is 9.92. The van der Waals surface area contributed by atoms with E-state index in [1.54, 1.807) is 0 Å². The Morgan fingerprint density at radius 1 is 0.850 bits per heavy atom. The van der Waals surface area contributed by atoms with Gasteiger partial charge in [-0.25, -0.2) is 9.97 Å². The number of nitrogens with zero attached hydrogens (tertiary/aromatic N) is 2. The van der Waals surface area contributed by atoms with Gasteiger partial charge in [0.05, 0.1) is 11.4 Å². The maximum atomic E-state index is 5.06. The predicted octanol–water partition coefficient (Wildman–Crippen LogP) is 3.44. The van der Waals surface area contributed by atoms with Crippen molar-refractivity contribution in [3.63, 3.8) is 0 Å². The molecule has 0 saturated heterocycles. The van der Waals surface area contributed by atoms with Crippen molar-refractivity contribution in [2.24, 2.45) is 0 Å². The molecular weight excluding hydrogens is 246 g/mol. The third-order valence-corrected chi connectivity index (χ3v) is 5.17. The van der Waals surface area contributed by atoms with E-state index in [0.717, 1.165) is 25.4 Å². The molecule has 0 aromatic carbocycles. The summed E-state index contributed by atoms with van der Waals surface area (Å²) in [5, 5.41) is 3.49. The fraction of sp³-hybridized carbons (Fsp3) is 0.765. The molecule has 2 aliphatic carbocycles. The molecule has 1 N–H and O–H groups in total. The lowest BCUT2D eigenvalue weighted by Crippen LogP contribution is -2.27. The van der Waals surface area contributed by atoms with Gasteiger partial charge in [-0.1, -0.05) is 25.7 Å². The van der Waals surface area contributed by atoms with Gasteiger partial charge in [0.25, 0.3) is 0 Å². The average Bonchev–Trinajstić information content (AvgIpc) is 3.32. The van der Waals surface area contributed by atoms with Crippen molar-refractivity contribution in [2.45, 2.75) is 76.2 Å². The van der Waals surface area contributed by atoms with Crippen molar-refractivity contribution in [3.8, 4) is 0 Å². The first-order valence-electron chi connectivity index (χ1n) is 8.52. The molecule has 2 heterocycles. The molecule has 0 unspecified atom stereocenters. The normalized spacial score (nSPS) is 24.2. The highest BCUT2D eigenvalue weighted by Gasteiger charge is 2.31. The minimum atomic E-state index is 0.634. The van der Waals surface area contributed by atoms with Gasteiger partial charge in [-0.2, -0.15) is 0 Å². The second kappa shape index (κ2) is 5.44. The zero-order valence-electron chi connectivity index (χ0n) is 12.3. The monoisotopic (exact) mass is 271 g/mol. The number of aromatic nitrogens is 2. The van der Waals surface area contributed by atoms with Crippen LogP contribution in [0.4, 0.5) is 0 Å². The third-order valence-electron chi connectivity index (χ3n) is 5.17. The number of hydrogen-bond acceptors (Lipinski definition) is 3. The van der Waals surface area contributed by atoms with Crippen LogP contribution in [-0.4, -0.2) is 16.5 Å². The quantitative estimate of drug-likeness (QED) is 0.837. The zero-order valence-corrected chi connectivity index (χ0v) is 12.3. The minimum Gasteiger partial charge on any atom is -0.312 e. The van der Waals surface area contributed by atoms with E-state index in [-0.39, 0.29) is 0 Å². The summed E-state index contributed by atoms with van der Waals surface area (Å²) in [5.74, 6) is 2.57. The SMILES string of the molecule is C1CCCC(c2nc3c(c(C4CC4)n2)CNCC3)CC1. The molecule has 2 saturated carbocycles. The molecule has 1 aromatic rings. The Morgan fingerprint density at radius 2 is 1.65 bits per heavy atom. The lowest BCUT2D eigenvalue weighted by atomic mass is 9.97. The van der Waals surface area contributed by atoms with E-state index in [4.69, 9.17) is 9.97 Å². The van der Waals surface area contributed by atoms with Crippen LogP contribution in [0.25, 0.3) is 0 Å². The number of rotatable bonds is 2. The summed E-state index contributed by atoms with van der Waals surface area (Å²) in [4.78, 5) is 10.1. The van der Waals surface area contributed by atoms with Gasteiger partial charge in [0.1, 0.15) is 5.82 Å². The molecule has 0 spiro atoms. The van der Waals surface area contributed by atoms with E-state index in [1.807, 2.05) is 0 Å². The maximum Gasteiger partial charge on any atom is 0.131 e. The van der Waals surface area contributed by atoms with Gasteiger partial charge in [0.2, 0.25) is 0 Å². The second-order valence-corrected chi connectivity index (χ2v) is 6.78. The molecule has 1 aliphatic heterocycles. The summed E-state index contributed by atoms with van der Waals surface area (Å²) < 4.78 is 0. The second-order valence-electron chi connectivity index (χ2n) is 6.78. The van der Waals surface area contributed by atoms with Crippen LogP contribution in [0.5, 0.6) is 0 Å². The van der Waals surface area contributed by atoms with Gasteiger partial charge in [0.15, 0.2) is 0 Å². The van der Waals surface area contributed by atoms with Gasteiger partial charge in [0, 0.05) is 36.9 Å². The van der Waals surface area contributed by atoms with Crippen molar-refractivity contribution in [1.82, 2.24) is 15.3 Å². The Morgan fingerprint density at radius 3 is 2.40 bits per heavy atom. The van der Waals surface area contributed by atoms with Crippen molar-refractivity contribution in [1.29, 1.82) is 0 Å². The zero-order chi connectivity index (χ0) is 13.4. The molecule has 4 rings (SSSR count). The van der Waals surface area contributed by atoms with E-state index >= 15 is 0 Å². The van der Waals surface area contributed by atoms with Gasteiger partial charge < -0.3 is 5.32 Å². The Balaban J connectivity index is 1.70. The Labute approximate surface area is 121 Å². The van der Waals surface area contributed by atoms with Crippen LogP contribution >= 0.6 is 0 Å². The molecule has 0 radical (unpaired) electrons. The van der Waals surface area contributed by atoms with Crippen LogP contribution in [0.1, 0.15) is 86.0 Å². The third kappa shape index (κ3) is 2.48. The summed E-state index contributed by atoms with van der Waals surface area (Å²) in [6.45, 7) is 2.07. The summed E-state index contributed by atoms with van der Waals surface area (Å²) >= 11 is 0. The Hall–Kier alpha value is -0.960. The summed E-state index contributed by atoms with van der Waals surface area (Å²) in [6, 6.07) is 0. The van der Waals surface area contributed by atoms with Crippen LogP contribution in [0.2, 0.25) is 0 Å². The molecule has 3 aliphatic rings. The summed E-state index contributed by atoms with van der Waals surface area (Å²) in [5.41, 5.74) is 4.21. The van der Waals surface area contributed by atoms with Crippen LogP contribution in [0, 0.1) is 0 Å². The summed E-state index contributed by atoms with van der Waals surface area (Å²) in [7, 11) is 0. The minimum absolute atomic E-state index is 0.634. The fourth-order valence-electron chi connectivity index (χ4n) is 3.80. The molecule has 3 nitrogen and oxygen atoms in total.